The Labute approximate surface area is 126 Å². The lowest BCUT2D eigenvalue weighted by Crippen LogP contribution is -1.98. The van der Waals surface area contributed by atoms with Crippen LogP contribution in [0.1, 0.15) is 15.6 Å². The monoisotopic (exact) mass is 300 g/mol. The molecule has 2 heterocycles. The highest BCUT2D eigenvalue weighted by Gasteiger charge is 2.05. The van der Waals surface area contributed by atoms with Gasteiger partial charge in [-0.25, -0.2) is 4.98 Å². The molecule has 0 amide bonds. The minimum atomic E-state index is -0.122. The van der Waals surface area contributed by atoms with Gasteiger partial charge in [-0.2, -0.15) is 0 Å². The zero-order valence-corrected chi connectivity index (χ0v) is 12.7. The summed E-state index contributed by atoms with van der Waals surface area (Å²) in [5, 5.41) is 9.86. The van der Waals surface area contributed by atoms with E-state index in [1.165, 1.54) is 4.88 Å². The van der Waals surface area contributed by atoms with Crippen LogP contribution in [0, 0.1) is 13.8 Å². The van der Waals surface area contributed by atoms with Gasteiger partial charge >= 0.3 is 0 Å². The SMILES string of the molecule is Cc1nc(C)c(CNc2ccc(-c3cc(=O)[nH][nH]3)cc2)s1. The maximum atomic E-state index is 11.1. The molecular weight excluding hydrogens is 284 g/mol. The lowest BCUT2D eigenvalue weighted by atomic mass is 10.1. The minimum absolute atomic E-state index is 0.122. The average Bonchev–Trinajstić information content (AvgIpc) is 3.03. The molecule has 2 aromatic heterocycles. The Kier molecular flexibility index (Phi) is 3.62. The lowest BCUT2D eigenvalue weighted by molar-refractivity contribution is 1.06. The van der Waals surface area contributed by atoms with Crippen LogP contribution >= 0.6 is 11.3 Å². The second-order valence-electron chi connectivity index (χ2n) is 4.84. The summed E-state index contributed by atoms with van der Waals surface area (Å²) < 4.78 is 0. The van der Waals surface area contributed by atoms with Crippen molar-refractivity contribution >= 4 is 17.0 Å². The van der Waals surface area contributed by atoms with Gasteiger partial charge in [0.15, 0.2) is 0 Å². The number of nitrogens with zero attached hydrogens (tertiary/aromatic N) is 1. The van der Waals surface area contributed by atoms with E-state index in [-0.39, 0.29) is 5.56 Å². The van der Waals surface area contributed by atoms with Gasteiger partial charge in [0.1, 0.15) is 0 Å². The van der Waals surface area contributed by atoms with Gasteiger partial charge in [0.05, 0.1) is 22.9 Å². The minimum Gasteiger partial charge on any atom is -0.380 e. The molecule has 0 unspecified atom stereocenters. The molecule has 5 nitrogen and oxygen atoms in total. The van der Waals surface area contributed by atoms with Crippen LogP contribution < -0.4 is 10.9 Å². The summed E-state index contributed by atoms with van der Waals surface area (Å²) in [6.45, 7) is 4.83. The predicted octanol–water partition coefficient (Wildman–Crippen LogP) is 3.06. The maximum Gasteiger partial charge on any atom is 0.264 e. The first-order chi connectivity index (χ1) is 10.1. The van der Waals surface area contributed by atoms with Crippen LogP contribution in [0.3, 0.4) is 0 Å². The molecule has 108 valence electrons. The number of nitrogens with one attached hydrogen (secondary N) is 3. The fourth-order valence-electron chi connectivity index (χ4n) is 2.18. The van der Waals surface area contributed by atoms with Gasteiger partial charge in [0.25, 0.3) is 5.56 Å². The number of anilines is 1. The third-order valence-electron chi connectivity index (χ3n) is 3.24. The van der Waals surface area contributed by atoms with E-state index in [9.17, 15) is 4.79 Å². The zero-order chi connectivity index (χ0) is 14.8. The molecule has 0 radical (unpaired) electrons. The van der Waals surface area contributed by atoms with Crippen LogP contribution in [0.25, 0.3) is 11.3 Å². The highest BCUT2D eigenvalue weighted by molar-refractivity contribution is 7.11. The van der Waals surface area contributed by atoms with Gasteiger partial charge in [-0.3, -0.25) is 15.0 Å². The molecule has 0 fully saturated rings. The molecule has 0 aliphatic rings. The molecule has 1 aromatic carbocycles. The second kappa shape index (κ2) is 5.57. The number of benzene rings is 1. The number of aromatic amines is 2. The predicted molar refractivity (Wildman–Crippen MR) is 85.8 cm³/mol. The molecule has 3 N–H and O–H groups in total. The highest BCUT2D eigenvalue weighted by atomic mass is 32.1. The standard InChI is InChI=1S/C15H16N4OS/c1-9-14(21-10(2)17-9)8-16-12-5-3-11(4-6-12)13-7-15(20)19-18-13/h3-7,16H,8H2,1-2H3,(H2,18,19,20). The fraction of sp³-hybridized carbons (Fsp3) is 0.200. The quantitative estimate of drug-likeness (QED) is 0.693. The summed E-state index contributed by atoms with van der Waals surface area (Å²) in [6, 6.07) is 9.51. The third kappa shape index (κ3) is 3.05. The van der Waals surface area contributed by atoms with Crippen LogP contribution in [0.4, 0.5) is 5.69 Å². The maximum absolute atomic E-state index is 11.1. The van der Waals surface area contributed by atoms with Crippen LogP contribution in [0.5, 0.6) is 0 Å². The van der Waals surface area contributed by atoms with Crippen LogP contribution in [-0.4, -0.2) is 15.2 Å². The summed E-state index contributed by atoms with van der Waals surface area (Å²) in [6.07, 6.45) is 0. The van der Waals surface area contributed by atoms with Gasteiger partial charge in [0, 0.05) is 16.6 Å². The first-order valence-corrected chi connectivity index (χ1v) is 7.48. The van der Waals surface area contributed by atoms with Gasteiger partial charge in [0.2, 0.25) is 0 Å². The van der Waals surface area contributed by atoms with E-state index in [1.54, 1.807) is 17.4 Å². The van der Waals surface area contributed by atoms with E-state index in [1.807, 2.05) is 38.1 Å². The largest absolute Gasteiger partial charge is 0.380 e. The molecule has 0 spiro atoms. The summed E-state index contributed by atoms with van der Waals surface area (Å²) in [5.41, 5.74) is 3.78. The van der Waals surface area contributed by atoms with Crippen LogP contribution in [0.15, 0.2) is 35.1 Å². The molecule has 3 rings (SSSR count). The molecule has 6 heteroatoms. The van der Waals surface area contributed by atoms with E-state index in [0.29, 0.717) is 0 Å². The average molecular weight is 300 g/mol. The Morgan fingerprint density at radius 2 is 1.95 bits per heavy atom. The molecule has 0 saturated carbocycles. The van der Waals surface area contributed by atoms with Gasteiger partial charge in [-0.05, 0) is 31.5 Å². The Morgan fingerprint density at radius 3 is 2.52 bits per heavy atom. The smallest absolute Gasteiger partial charge is 0.264 e. The first kappa shape index (κ1) is 13.6. The summed E-state index contributed by atoms with van der Waals surface area (Å²) >= 11 is 1.72. The van der Waals surface area contributed by atoms with Crippen molar-refractivity contribution in [1.29, 1.82) is 0 Å². The van der Waals surface area contributed by atoms with Crippen molar-refractivity contribution in [2.24, 2.45) is 0 Å². The van der Waals surface area contributed by atoms with Crippen molar-refractivity contribution in [3.63, 3.8) is 0 Å². The van der Waals surface area contributed by atoms with Crippen LogP contribution in [0.2, 0.25) is 0 Å². The first-order valence-electron chi connectivity index (χ1n) is 6.67. The third-order valence-corrected chi connectivity index (χ3v) is 4.32. The van der Waals surface area contributed by atoms with Crippen molar-refractivity contribution < 1.29 is 0 Å². The van der Waals surface area contributed by atoms with Gasteiger partial charge in [-0.1, -0.05) is 12.1 Å². The summed E-state index contributed by atoms with van der Waals surface area (Å²) in [4.78, 5) is 16.8. The number of hydrogen-bond acceptors (Lipinski definition) is 4. The van der Waals surface area contributed by atoms with Crippen molar-refractivity contribution in [1.82, 2.24) is 15.2 Å². The Morgan fingerprint density at radius 1 is 1.19 bits per heavy atom. The Balaban J connectivity index is 1.70. The zero-order valence-electron chi connectivity index (χ0n) is 11.9. The molecule has 21 heavy (non-hydrogen) atoms. The van der Waals surface area contributed by atoms with Gasteiger partial charge in [-0.15, -0.1) is 11.3 Å². The van der Waals surface area contributed by atoms with E-state index >= 15 is 0 Å². The molecular formula is C15H16N4OS. The van der Waals surface area contributed by atoms with E-state index in [4.69, 9.17) is 0 Å². The van der Waals surface area contributed by atoms with E-state index in [0.717, 1.165) is 34.2 Å². The summed E-state index contributed by atoms with van der Waals surface area (Å²) in [5.74, 6) is 0. The van der Waals surface area contributed by atoms with Crippen molar-refractivity contribution in [2.45, 2.75) is 20.4 Å². The topological polar surface area (TPSA) is 73.6 Å². The fourth-order valence-corrected chi connectivity index (χ4v) is 3.05. The molecule has 0 aliphatic heterocycles. The number of aromatic nitrogens is 3. The van der Waals surface area contributed by atoms with E-state index in [2.05, 4.69) is 20.5 Å². The van der Waals surface area contributed by atoms with Crippen molar-refractivity contribution in [2.75, 3.05) is 5.32 Å². The van der Waals surface area contributed by atoms with Crippen LogP contribution in [-0.2, 0) is 6.54 Å². The number of H-pyrrole nitrogens is 2. The second-order valence-corrected chi connectivity index (χ2v) is 6.13. The number of hydrogen-bond donors (Lipinski definition) is 3. The summed E-state index contributed by atoms with van der Waals surface area (Å²) in [7, 11) is 0. The molecule has 0 aliphatic carbocycles. The normalized spacial score (nSPS) is 10.8. The van der Waals surface area contributed by atoms with E-state index < -0.39 is 0 Å². The Bertz CT molecular complexity index is 798. The molecule has 0 bridgehead atoms. The highest BCUT2D eigenvalue weighted by Crippen LogP contribution is 2.21. The van der Waals surface area contributed by atoms with Crippen molar-refractivity contribution in [3.05, 3.63) is 56.3 Å². The Hall–Kier alpha value is -2.34. The molecule has 0 saturated heterocycles. The van der Waals surface area contributed by atoms with Gasteiger partial charge < -0.3 is 5.32 Å². The lowest BCUT2D eigenvalue weighted by Gasteiger charge is -2.06. The number of thiazole rings is 1. The molecule has 3 aromatic rings. The number of rotatable bonds is 4. The number of aryl methyl sites for hydroxylation is 2. The van der Waals surface area contributed by atoms with Crippen molar-refractivity contribution in [3.8, 4) is 11.3 Å². The molecule has 0 atom stereocenters.